The molecule has 132 valence electrons. The number of hydrogen-bond acceptors (Lipinski definition) is 3. The van der Waals surface area contributed by atoms with Crippen LogP contribution in [0.5, 0.6) is 5.75 Å². The van der Waals surface area contributed by atoms with Gasteiger partial charge in [0, 0.05) is 17.6 Å². The molecule has 1 aromatic carbocycles. The Hall–Kier alpha value is -1.76. The van der Waals surface area contributed by atoms with Crippen LogP contribution in [0.1, 0.15) is 20.3 Å². The summed E-state index contributed by atoms with van der Waals surface area (Å²) in [5, 5.41) is 12.0. The number of carbonyl (C=O) groups is 2. The van der Waals surface area contributed by atoms with Gasteiger partial charge in [-0.15, -0.1) is 0 Å². The molecular weight excluding hydrogens is 376 g/mol. The molecule has 2 N–H and O–H groups in total. The van der Waals surface area contributed by atoms with Crippen LogP contribution in [0.25, 0.3) is 0 Å². The molecule has 1 aliphatic rings. The van der Waals surface area contributed by atoms with Crippen molar-refractivity contribution in [3.05, 3.63) is 28.7 Å². The SMILES string of the molecule is CC1CC(C(=O)O)CN(C(=O)NCC(C)Oc2cccc(Br)c2)C1. The van der Waals surface area contributed by atoms with Crippen molar-refractivity contribution >= 4 is 27.9 Å². The number of nitrogens with zero attached hydrogens (tertiary/aromatic N) is 1. The number of benzene rings is 1. The van der Waals surface area contributed by atoms with Gasteiger partial charge >= 0.3 is 12.0 Å². The number of carboxylic acids is 1. The first-order chi connectivity index (χ1) is 11.3. The van der Waals surface area contributed by atoms with Gasteiger partial charge in [0.15, 0.2) is 0 Å². The topological polar surface area (TPSA) is 78.9 Å². The molecule has 0 aliphatic carbocycles. The molecule has 24 heavy (non-hydrogen) atoms. The van der Waals surface area contributed by atoms with Gasteiger partial charge in [0.05, 0.1) is 12.5 Å². The number of ether oxygens (including phenoxy) is 1. The molecular formula is C17H23BrN2O4. The Morgan fingerprint density at radius 3 is 2.88 bits per heavy atom. The maximum absolute atomic E-state index is 12.3. The summed E-state index contributed by atoms with van der Waals surface area (Å²) in [6.07, 6.45) is 0.419. The van der Waals surface area contributed by atoms with Crippen LogP contribution >= 0.6 is 15.9 Å². The predicted octanol–water partition coefficient (Wildman–Crippen LogP) is 2.97. The molecule has 0 radical (unpaired) electrons. The lowest BCUT2D eigenvalue weighted by molar-refractivity contribution is -0.143. The van der Waals surface area contributed by atoms with Gasteiger partial charge in [-0.2, -0.15) is 0 Å². The molecule has 1 saturated heterocycles. The third-order valence-corrected chi connectivity index (χ3v) is 4.46. The van der Waals surface area contributed by atoms with Gasteiger partial charge in [0.25, 0.3) is 0 Å². The standard InChI is InChI=1S/C17H23BrN2O4/c1-11-6-13(16(21)22)10-20(9-11)17(23)19-8-12(2)24-15-5-3-4-14(18)7-15/h3-5,7,11-13H,6,8-10H2,1-2H3,(H,19,23)(H,21,22). The molecule has 2 rings (SSSR count). The predicted molar refractivity (Wildman–Crippen MR) is 94.1 cm³/mol. The summed E-state index contributed by atoms with van der Waals surface area (Å²) < 4.78 is 6.68. The molecule has 0 spiro atoms. The number of urea groups is 1. The van der Waals surface area contributed by atoms with Gasteiger partial charge in [0.2, 0.25) is 0 Å². The van der Waals surface area contributed by atoms with Crippen LogP contribution in [0.4, 0.5) is 4.79 Å². The highest BCUT2D eigenvalue weighted by molar-refractivity contribution is 9.10. The molecule has 3 unspecified atom stereocenters. The van der Waals surface area contributed by atoms with Crippen molar-refractivity contribution in [2.24, 2.45) is 11.8 Å². The van der Waals surface area contributed by atoms with Gasteiger partial charge in [-0.25, -0.2) is 4.79 Å². The van der Waals surface area contributed by atoms with E-state index in [-0.39, 0.29) is 24.6 Å². The number of likely N-dealkylation sites (tertiary alicyclic amines) is 1. The first-order valence-electron chi connectivity index (χ1n) is 8.03. The van der Waals surface area contributed by atoms with E-state index in [1.165, 1.54) is 0 Å². The zero-order valence-corrected chi connectivity index (χ0v) is 15.5. The van der Waals surface area contributed by atoms with E-state index in [9.17, 15) is 14.7 Å². The molecule has 0 saturated carbocycles. The molecule has 1 fully saturated rings. The number of hydrogen-bond donors (Lipinski definition) is 2. The van der Waals surface area contributed by atoms with E-state index in [1.807, 2.05) is 38.1 Å². The smallest absolute Gasteiger partial charge is 0.317 e. The minimum absolute atomic E-state index is 0.181. The fourth-order valence-corrected chi connectivity index (χ4v) is 3.23. The number of halogens is 1. The number of amides is 2. The molecule has 0 aromatic heterocycles. The van der Waals surface area contributed by atoms with Gasteiger partial charge in [0.1, 0.15) is 11.9 Å². The maximum Gasteiger partial charge on any atom is 0.317 e. The molecule has 7 heteroatoms. The van der Waals surface area contributed by atoms with E-state index in [0.717, 1.165) is 10.2 Å². The molecule has 6 nitrogen and oxygen atoms in total. The second-order valence-electron chi connectivity index (χ2n) is 6.35. The second kappa shape index (κ2) is 8.37. The molecule has 2 amide bonds. The molecule has 3 atom stereocenters. The molecule has 1 aliphatic heterocycles. The average Bonchev–Trinajstić information content (AvgIpc) is 2.52. The van der Waals surface area contributed by atoms with Crippen LogP contribution in [-0.2, 0) is 4.79 Å². The Bertz CT molecular complexity index is 596. The van der Waals surface area contributed by atoms with Crippen molar-refractivity contribution in [3.63, 3.8) is 0 Å². The Kier molecular flexibility index (Phi) is 6.48. The van der Waals surface area contributed by atoms with Crippen LogP contribution in [0.2, 0.25) is 0 Å². The number of nitrogens with one attached hydrogen (secondary N) is 1. The van der Waals surface area contributed by atoms with Gasteiger partial charge in [-0.3, -0.25) is 4.79 Å². The zero-order chi connectivity index (χ0) is 17.7. The number of carbonyl (C=O) groups excluding carboxylic acids is 1. The largest absolute Gasteiger partial charge is 0.489 e. The molecule has 1 heterocycles. The Balaban J connectivity index is 1.82. The minimum atomic E-state index is -0.842. The summed E-state index contributed by atoms with van der Waals surface area (Å²) in [5.41, 5.74) is 0. The van der Waals surface area contributed by atoms with Crippen LogP contribution in [0, 0.1) is 11.8 Å². The van der Waals surface area contributed by atoms with Crippen molar-refractivity contribution in [1.29, 1.82) is 0 Å². The number of carboxylic acid groups (broad SMARTS) is 1. The lowest BCUT2D eigenvalue weighted by Gasteiger charge is -2.34. The lowest BCUT2D eigenvalue weighted by Crippen LogP contribution is -2.50. The zero-order valence-electron chi connectivity index (χ0n) is 13.9. The maximum atomic E-state index is 12.3. The van der Waals surface area contributed by atoms with E-state index in [4.69, 9.17) is 4.74 Å². The number of rotatable bonds is 5. The van der Waals surface area contributed by atoms with Gasteiger partial charge in [-0.1, -0.05) is 28.9 Å². The minimum Gasteiger partial charge on any atom is -0.489 e. The van der Waals surface area contributed by atoms with Crippen molar-refractivity contribution in [1.82, 2.24) is 10.2 Å². The van der Waals surface area contributed by atoms with Crippen LogP contribution in [0.3, 0.4) is 0 Å². The highest BCUT2D eigenvalue weighted by Gasteiger charge is 2.31. The third-order valence-electron chi connectivity index (χ3n) is 3.97. The Labute approximate surface area is 150 Å². The normalized spacial score (nSPS) is 21.9. The monoisotopic (exact) mass is 398 g/mol. The highest BCUT2D eigenvalue weighted by atomic mass is 79.9. The summed E-state index contributed by atoms with van der Waals surface area (Å²) in [5.74, 6) is -0.426. The molecule has 1 aromatic rings. The van der Waals surface area contributed by atoms with E-state index >= 15 is 0 Å². The lowest BCUT2D eigenvalue weighted by atomic mass is 9.91. The Morgan fingerprint density at radius 1 is 1.46 bits per heavy atom. The summed E-state index contributed by atoms with van der Waals surface area (Å²) in [7, 11) is 0. The van der Waals surface area contributed by atoms with Crippen LogP contribution < -0.4 is 10.1 Å². The fourth-order valence-electron chi connectivity index (χ4n) is 2.85. The van der Waals surface area contributed by atoms with Crippen molar-refractivity contribution in [2.45, 2.75) is 26.4 Å². The Morgan fingerprint density at radius 2 is 2.21 bits per heavy atom. The van der Waals surface area contributed by atoms with E-state index in [2.05, 4.69) is 21.2 Å². The summed E-state index contributed by atoms with van der Waals surface area (Å²) >= 11 is 3.38. The third kappa shape index (κ3) is 5.40. The summed E-state index contributed by atoms with van der Waals surface area (Å²) in [6.45, 7) is 5.03. The number of aliphatic carboxylic acids is 1. The highest BCUT2D eigenvalue weighted by Crippen LogP contribution is 2.22. The number of piperidine rings is 1. The first kappa shape index (κ1) is 18.6. The van der Waals surface area contributed by atoms with Crippen LogP contribution in [0.15, 0.2) is 28.7 Å². The van der Waals surface area contributed by atoms with Crippen molar-refractivity contribution < 1.29 is 19.4 Å². The fraction of sp³-hybridized carbons (Fsp3) is 0.529. The van der Waals surface area contributed by atoms with Gasteiger partial charge in [-0.05, 0) is 37.5 Å². The first-order valence-corrected chi connectivity index (χ1v) is 8.82. The second-order valence-corrected chi connectivity index (χ2v) is 7.27. The van der Waals surface area contributed by atoms with E-state index < -0.39 is 11.9 Å². The average molecular weight is 399 g/mol. The summed E-state index contributed by atoms with van der Waals surface area (Å²) in [6, 6.07) is 7.27. The van der Waals surface area contributed by atoms with E-state index in [1.54, 1.807) is 4.90 Å². The van der Waals surface area contributed by atoms with Crippen LogP contribution in [-0.4, -0.2) is 47.7 Å². The van der Waals surface area contributed by atoms with E-state index in [0.29, 0.717) is 19.5 Å². The quantitative estimate of drug-likeness (QED) is 0.798. The van der Waals surface area contributed by atoms with Crippen molar-refractivity contribution in [2.75, 3.05) is 19.6 Å². The molecule has 0 bridgehead atoms. The summed E-state index contributed by atoms with van der Waals surface area (Å²) in [4.78, 5) is 25.0. The van der Waals surface area contributed by atoms with Crippen molar-refractivity contribution in [3.8, 4) is 5.75 Å². The van der Waals surface area contributed by atoms with Gasteiger partial charge < -0.3 is 20.1 Å².